The molecule has 0 radical (unpaired) electrons. The van der Waals surface area contributed by atoms with Gasteiger partial charge in [0.1, 0.15) is 42.6 Å². The van der Waals surface area contributed by atoms with E-state index in [0.717, 1.165) is 42.8 Å². The summed E-state index contributed by atoms with van der Waals surface area (Å²) in [5, 5.41) is 67.7. The number of tetrazole rings is 1. The van der Waals surface area contributed by atoms with Crippen molar-refractivity contribution in [2.45, 2.75) is 204 Å². The SMILES string of the molecule is CC(=O)N1CCC[C@@H]1C(=O)N[C@@H](CCCNC(=N)N)C(=O)N[C@@H](CC(=O)O)C(=O)N[C@@H](CCCCN(CC(=O)O)CC(=O)O)C(=O)N[C@@H](CCCCNC(=O)COCCOCCNC(=O)CCCCCCCCCCCCCCCc1nnn[nH]1)C(N)=O. The molecule has 0 bridgehead atoms. The van der Waals surface area contributed by atoms with Gasteiger partial charge in [-0.2, -0.15) is 0 Å². The lowest BCUT2D eigenvalue weighted by Crippen LogP contribution is -2.59. The summed E-state index contributed by atoms with van der Waals surface area (Å²) < 4.78 is 10.9. The van der Waals surface area contributed by atoms with Crippen molar-refractivity contribution in [3.8, 4) is 0 Å². The zero-order chi connectivity index (χ0) is 64.9. The molecule has 16 N–H and O–H groups in total. The fourth-order valence-corrected chi connectivity index (χ4v) is 9.81. The van der Waals surface area contributed by atoms with Crippen molar-refractivity contribution in [3.63, 3.8) is 0 Å². The number of carbonyl (C=O) groups excluding carboxylic acids is 8. The van der Waals surface area contributed by atoms with Crippen LogP contribution in [0, 0.1) is 5.41 Å². The Labute approximate surface area is 513 Å². The van der Waals surface area contributed by atoms with Gasteiger partial charge in [-0.3, -0.25) is 63.0 Å². The molecule has 88 heavy (non-hydrogen) atoms. The molecule has 32 heteroatoms. The van der Waals surface area contributed by atoms with Gasteiger partial charge in [0.25, 0.3) is 0 Å². The number of rotatable bonds is 53. The first-order valence-electron chi connectivity index (χ1n) is 30.8. The van der Waals surface area contributed by atoms with E-state index in [4.69, 9.17) is 26.4 Å². The average Bonchev–Trinajstić information content (AvgIpc) is 3.99. The molecule has 2 rings (SSSR count). The van der Waals surface area contributed by atoms with Crippen LogP contribution in [-0.2, 0) is 68.6 Å². The van der Waals surface area contributed by atoms with E-state index in [2.05, 4.69) is 57.8 Å². The number of carboxylic acids is 3. The van der Waals surface area contributed by atoms with Gasteiger partial charge < -0.3 is 78.4 Å². The first kappa shape index (κ1) is 76.5. The number of primary amides is 1. The smallest absolute Gasteiger partial charge is 0.317 e. The molecule has 1 fully saturated rings. The summed E-state index contributed by atoms with van der Waals surface area (Å²) in [6.45, 7) is 1.28. The highest BCUT2D eigenvalue weighted by Gasteiger charge is 2.36. The number of guanidine groups is 1. The summed E-state index contributed by atoms with van der Waals surface area (Å²) in [5.74, 6) is -9.14. The number of hydrogen-bond acceptors (Lipinski definition) is 18. The highest BCUT2D eigenvalue weighted by Crippen LogP contribution is 2.19. The number of aromatic nitrogens is 4. The van der Waals surface area contributed by atoms with E-state index in [9.17, 15) is 68.1 Å². The van der Waals surface area contributed by atoms with E-state index in [1.807, 2.05) is 0 Å². The summed E-state index contributed by atoms with van der Waals surface area (Å²) in [6.07, 6.45) is 17.0. The number of carbonyl (C=O) groups is 11. The summed E-state index contributed by atoms with van der Waals surface area (Å²) in [5.41, 5.74) is 11.0. The van der Waals surface area contributed by atoms with Crippen LogP contribution in [0.5, 0.6) is 0 Å². The minimum Gasteiger partial charge on any atom is -0.481 e. The lowest BCUT2D eigenvalue weighted by molar-refractivity contribution is -0.142. The van der Waals surface area contributed by atoms with E-state index in [1.165, 1.54) is 69.6 Å². The normalized spacial score (nSPS) is 14.2. The number of ether oxygens (including phenoxy) is 2. The minimum absolute atomic E-state index is 0.0163. The standard InChI is InChI=1S/C56H98N16O16/c1-39(73)72-31-20-24-44(72)55(86)65-42(23-19-28-62-56(58)59)53(84)66-43(35-48(76)77)54(85)64-41(22-16-18-30-71(36-49(78)79)37-50(80)81)52(83)63-40(51(57)82)21-15-17-27-60-47(75)38-88-34-33-87-32-29-61-46(74)26-14-12-10-8-6-4-2-3-5-7-9-11-13-25-45-67-69-70-68-45/h40-44H,2-38H2,1H3,(H2,57,82)(H,60,75)(H,61,74)(H,63,83)(H,64,85)(H,65,86)(H,66,84)(H,76,77)(H,78,79)(H,80,81)(H4,58,59,62)(H,67,68,69,70)/t40-,41-,42-,43-,44+/m0/s1. The molecular weight excluding hydrogens is 1150 g/mol. The molecule has 0 spiro atoms. The Hall–Kier alpha value is -7.61. The van der Waals surface area contributed by atoms with E-state index in [1.54, 1.807) is 0 Å². The van der Waals surface area contributed by atoms with Crippen molar-refractivity contribution in [2.24, 2.45) is 11.5 Å². The first-order chi connectivity index (χ1) is 42.2. The van der Waals surface area contributed by atoms with Crippen molar-refractivity contribution in [1.82, 2.24) is 67.6 Å². The van der Waals surface area contributed by atoms with E-state index in [-0.39, 0.29) is 109 Å². The molecular formula is C56H98N16O16. The van der Waals surface area contributed by atoms with Gasteiger partial charge in [0.15, 0.2) is 5.96 Å². The number of aliphatic carboxylic acids is 3. The van der Waals surface area contributed by atoms with E-state index < -0.39 is 103 Å². The first-order valence-corrected chi connectivity index (χ1v) is 30.8. The summed E-state index contributed by atoms with van der Waals surface area (Å²) >= 11 is 0. The largest absolute Gasteiger partial charge is 0.481 e. The number of nitrogens with one attached hydrogen (secondary N) is 9. The van der Waals surface area contributed by atoms with Crippen LogP contribution in [0.1, 0.15) is 173 Å². The van der Waals surface area contributed by atoms with Gasteiger partial charge in [0, 0.05) is 45.9 Å². The third-order valence-corrected chi connectivity index (χ3v) is 14.4. The van der Waals surface area contributed by atoms with Crippen molar-refractivity contribution < 1.29 is 77.5 Å². The highest BCUT2D eigenvalue weighted by atomic mass is 16.5. The average molecular weight is 1250 g/mol. The maximum absolute atomic E-state index is 14.0. The number of aromatic amines is 1. The van der Waals surface area contributed by atoms with Gasteiger partial charge in [-0.05, 0) is 94.0 Å². The summed E-state index contributed by atoms with van der Waals surface area (Å²) in [7, 11) is 0. The second-order valence-corrected chi connectivity index (χ2v) is 21.9. The fraction of sp³-hybridized carbons (Fsp3) is 0.768. The molecule has 1 aromatic heterocycles. The predicted molar refractivity (Wildman–Crippen MR) is 318 cm³/mol. The molecule has 0 aromatic carbocycles. The number of unbranched alkanes of at least 4 members (excludes halogenated alkanes) is 14. The third-order valence-electron chi connectivity index (χ3n) is 14.4. The number of likely N-dealkylation sites (tertiary alicyclic amines) is 1. The third kappa shape index (κ3) is 37.2. The van der Waals surface area contributed by atoms with Gasteiger partial charge in [-0.1, -0.05) is 70.6 Å². The second kappa shape index (κ2) is 46.5. The van der Waals surface area contributed by atoms with E-state index >= 15 is 0 Å². The number of carboxylic acid groups (broad SMARTS) is 3. The molecule has 1 aliphatic rings. The van der Waals surface area contributed by atoms with Crippen molar-refractivity contribution in [1.29, 1.82) is 5.41 Å². The molecule has 0 saturated carbocycles. The van der Waals surface area contributed by atoms with Crippen LogP contribution in [0.2, 0.25) is 0 Å². The van der Waals surface area contributed by atoms with Gasteiger partial charge in [-0.25, -0.2) is 5.10 Å². The van der Waals surface area contributed by atoms with Crippen LogP contribution in [0.4, 0.5) is 0 Å². The van der Waals surface area contributed by atoms with E-state index in [0.29, 0.717) is 38.8 Å². The summed E-state index contributed by atoms with van der Waals surface area (Å²) in [6, 6.07) is -6.96. The van der Waals surface area contributed by atoms with Crippen molar-refractivity contribution in [3.05, 3.63) is 5.82 Å². The molecule has 1 aromatic rings. The number of aryl methyl sites for hydroxylation is 1. The quantitative estimate of drug-likeness (QED) is 0.0221. The number of H-pyrrole nitrogens is 1. The zero-order valence-electron chi connectivity index (χ0n) is 51.1. The number of amides is 8. The zero-order valence-corrected chi connectivity index (χ0v) is 51.1. The van der Waals surface area contributed by atoms with Crippen LogP contribution >= 0.6 is 0 Å². The molecule has 0 unspecified atom stereocenters. The number of nitrogens with two attached hydrogens (primary N) is 2. The maximum atomic E-state index is 14.0. The fourth-order valence-electron chi connectivity index (χ4n) is 9.81. The Kier molecular flexibility index (Phi) is 40.4. The van der Waals surface area contributed by atoms with Crippen molar-refractivity contribution >= 4 is 71.1 Å². The minimum atomic E-state index is -1.85. The molecule has 32 nitrogen and oxygen atoms in total. The molecule has 2 heterocycles. The lowest BCUT2D eigenvalue weighted by Gasteiger charge is -2.27. The van der Waals surface area contributed by atoms with Crippen LogP contribution in [-0.4, -0.2) is 219 Å². The molecule has 5 atom stereocenters. The maximum Gasteiger partial charge on any atom is 0.317 e. The van der Waals surface area contributed by atoms with Gasteiger partial charge >= 0.3 is 17.9 Å². The highest BCUT2D eigenvalue weighted by molar-refractivity contribution is 5.97. The monoisotopic (exact) mass is 1250 g/mol. The van der Waals surface area contributed by atoms with Gasteiger partial charge in [0.2, 0.25) is 47.3 Å². The Bertz CT molecular complexity index is 2280. The lowest BCUT2D eigenvalue weighted by atomic mass is 10.0. The Morgan fingerprint density at radius 1 is 0.614 bits per heavy atom. The summed E-state index contributed by atoms with van der Waals surface area (Å²) in [4.78, 5) is 142. The number of nitrogens with zero attached hydrogens (tertiary/aromatic N) is 5. The molecule has 8 amide bonds. The van der Waals surface area contributed by atoms with Crippen molar-refractivity contribution in [2.75, 3.05) is 72.2 Å². The molecule has 1 saturated heterocycles. The van der Waals surface area contributed by atoms with Gasteiger partial charge in [0.05, 0.1) is 39.3 Å². The Morgan fingerprint density at radius 2 is 1.15 bits per heavy atom. The van der Waals surface area contributed by atoms with Gasteiger partial charge in [-0.15, -0.1) is 5.10 Å². The van der Waals surface area contributed by atoms with Crippen LogP contribution < -0.4 is 48.7 Å². The topological polar surface area (TPSA) is 488 Å². The molecule has 1 aliphatic heterocycles. The van der Waals surface area contributed by atoms with Crippen LogP contribution in [0.15, 0.2) is 0 Å². The van der Waals surface area contributed by atoms with Crippen LogP contribution in [0.25, 0.3) is 0 Å². The Morgan fingerprint density at radius 3 is 1.74 bits per heavy atom. The second-order valence-electron chi connectivity index (χ2n) is 21.9. The molecule has 0 aliphatic carbocycles. The predicted octanol–water partition coefficient (Wildman–Crippen LogP) is -0.546. The Balaban J connectivity index is 1.81. The molecule has 498 valence electrons. The number of hydrogen-bond donors (Lipinski definition) is 14. The van der Waals surface area contributed by atoms with Crippen LogP contribution in [0.3, 0.4) is 0 Å².